The summed E-state index contributed by atoms with van der Waals surface area (Å²) in [5.41, 5.74) is 3.16. The summed E-state index contributed by atoms with van der Waals surface area (Å²) in [6.45, 7) is -0.00530. The van der Waals surface area contributed by atoms with Crippen LogP contribution in [0.2, 0.25) is 0 Å². The van der Waals surface area contributed by atoms with E-state index in [0.29, 0.717) is 6.20 Å². The van der Waals surface area contributed by atoms with Crippen LogP contribution in [0.5, 0.6) is 0 Å². The fourth-order valence-electron chi connectivity index (χ4n) is 4.19. The van der Waals surface area contributed by atoms with E-state index in [0.717, 1.165) is 39.4 Å². The van der Waals surface area contributed by atoms with Crippen LogP contribution in [0, 0.1) is 0 Å². The summed E-state index contributed by atoms with van der Waals surface area (Å²) in [5, 5.41) is 9.63. The third kappa shape index (κ3) is 4.59. The molecule has 6 nitrogen and oxygen atoms in total. The highest BCUT2D eigenvalue weighted by molar-refractivity contribution is 5.81. The van der Waals surface area contributed by atoms with Crippen molar-refractivity contribution in [3.63, 3.8) is 0 Å². The smallest absolute Gasteiger partial charge is 0.417 e. The number of halogens is 3. The first-order valence-electron chi connectivity index (χ1n) is 10.5. The maximum absolute atomic E-state index is 13.0. The van der Waals surface area contributed by atoms with E-state index >= 15 is 0 Å². The predicted octanol–water partition coefficient (Wildman–Crippen LogP) is 4.98. The number of nitrogens with zero attached hydrogens (tertiary/aromatic N) is 2. The Balaban J connectivity index is 1.48. The highest BCUT2D eigenvalue weighted by Gasteiger charge is 2.34. The molecule has 0 saturated heterocycles. The maximum Gasteiger partial charge on any atom is 0.417 e. The van der Waals surface area contributed by atoms with Crippen LogP contribution < -0.4 is 0 Å². The molecule has 176 valence electrons. The van der Waals surface area contributed by atoms with Gasteiger partial charge in [0, 0.05) is 31.8 Å². The molecule has 0 aliphatic heterocycles. The van der Waals surface area contributed by atoms with Gasteiger partial charge in [-0.2, -0.15) is 13.2 Å². The first kappa shape index (κ1) is 23.3. The molecule has 0 radical (unpaired) electrons. The second kappa shape index (κ2) is 9.17. The van der Waals surface area contributed by atoms with Gasteiger partial charge in [-0.15, -0.1) is 0 Å². The number of carbonyl (C=O) groups excluding carboxylic acids is 1. The minimum Gasteiger partial charge on any atom is -0.480 e. The third-order valence-electron chi connectivity index (χ3n) is 5.93. The van der Waals surface area contributed by atoms with E-state index in [-0.39, 0.29) is 24.5 Å². The zero-order chi connectivity index (χ0) is 24.5. The molecule has 0 fully saturated rings. The van der Waals surface area contributed by atoms with Crippen LogP contribution in [0.4, 0.5) is 18.0 Å². The lowest BCUT2D eigenvalue weighted by atomic mass is 9.98. The van der Waals surface area contributed by atoms with Gasteiger partial charge in [0.05, 0.1) is 5.56 Å². The average molecular weight is 470 g/mol. The van der Waals surface area contributed by atoms with E-state index in [1.807, 2.05) is 48.5 Å². The Morgan fingerprint density at radius 1 is 1.06 bits per heavy atom. The highest BCUT2D eigenvalue weighted by atomic mass is 19.4. The molecule has 1 aliphatic carbocycles. The molecule has 0 saturated carbocycles. The normalized spacial score (nSPS) is 13.6. The summed E-state index contributed by atoms with van der Waals surface area (Å²) in [6, 6.07) is 14.9. The Kier molecular flexibility index (Phi) is 6.28. The molecule has 0 bridgehead atoms. The molecule has 0 spiro atoms. The third-order valence-corrected chi connectivity index (χ3v) is 5.93. The highest BCUT2D eigenvalue weighted by Crippen LogP contribution is 2.44. The zero-order valence-electron chi connectivity index (χ0n) is 18.1. The van der Waals surface area contributed by atoms with Crippen LogP contribution in [0.3, 0.4) is 0 Å². The van der Waals surface area contributed by atoms with Gasteiger partial charge in [0.15, 0.2) is 0 Å². The number of carbonyl (C=O) groups is 2. The van der Waals surface area contributed by atoms with E-state index in [9.17, 15) is 27.9 Å². The van der Waals surface area contributed by atoms with Crippen LogP contribution in [-0.4, -0.2) is 46.7 Å². The number of fused-ring (bicyclic) bond motifs is 3. The predicted molar refractivity (Wildman–Crippen MR) is 117 cm³/mol. The molecule has 1 atom stereocenters. The molecule has 1 aromatic heterocycles. The molecular formula is C25H21F3N2O4. The molecule has 0 unspecified atom stereocenters. The summed E-state index contributed by atoms with van der Waals surface area (Å²) in [5.74, 6) is -1.57. The maximum atomic E-state index is 13.0. The van der Waals surface area contributed by atoms with Crippen molar-refractivity contribution in [3.8, 4) is 11.1 Å². The summed E-state index contributed by atoms with van der Waals surface area (Å²) >= 11 is 0. The monoisotopic (exact) mass is 470 g/mol. The van der Waals surface area contributed by atoms with Crippen molar-refractivity contribution in [1.82, 2.24) is 9.88 Å². The van der Waals surface area contributed by atoms with Crippen molar-refractivity contribution in [1.29, 1.82) is 0 Å². The van der Waals surface area contributed by atoms with Crippen molar-refractivity contribution >= 4 is 12.1 Å². The van der Waals surface area contributed by atoms with Gasteiger partial charge in [0.2, 0.25) is 0 Å². The first-order chi connectivity index (χ1) is 16.2. The second-order valence-corrected chi connectivity index (χ2v) is 8.05. The molecule has 1 heterocycles. The number of amides is 1. The Bertz CT molecular complexity index is 1180. The van der Waals surface area contributed by atoms with Crippen LogP contribution in [0.25, 0.3) is 11.1 Å². The van der Waals surface area contributed by atoms with Gasteiger partial charge in [-0.05, 0) is 33.9 Å². The van der Waals surface area contributed by atoms with Gasteiger partial charge in [-0.25, -0.2) is 9.59 Å². The van der Waals surface area contributed by atoms with Crippen LogP contribution in [0.15, 0.2) is 67.0 Å². The number of hydrogen-bond acceptors (Lipinski definition) is 4. The number of ether oxygens (including phenoxy) is 1. The Morgan fingerprint density at radius 2 is 1.65 bits per heavy atom. The van der Waals surface area contributed by atoms with E-state index < -0.39 is 29.8 Å². The van der Waals surface area contributed by atoms with Gasteiger partial charge < -0.3 is 9.84 Å². The van der Waals surface area contributed by atoms with E-state index in [2.05, 4.69) is 4.98 Å². The molecule has 3 aromatic rings. The fraction of sp³-hybridized carbons (Fsp3) is 0.240. The molecule has 2 aromatic carbocycles. The number of rotatable bonds is 6. The molecule has 9 heteroatoms. The Labute approximate surface area is 193 Å². The van der Waals surface area contributed by atoms with Gasteiger partial charge in [-0.1, -0.05) is 48.5 Å². The summed E-state index contributed by atoms with van der Waals surface area (Å²) in [7, 11) is 1.25. The van der Waals surface area contributed by atoms with E-state index in [4.69, 9.17) is 4.74 Å². The molecule has 1 aliphatic rings. The number of aromatic nitrogens is 1. The number of hydrogen-bond donors (Lipinski definition) is 1. The SMILES string of the molecule is CN(C(=O)OCC1c2ccccc2-c2ccccc21)[C@@H](Cc1cncc(C(F)(F)F)c1)C(=O)O. The standard InChI is InChI=1S/C25H21F3N2O4/c1-30(22(23(31)32)11-15-10-16(13-29-12-15)25(26,27)28)24(33)34-14-21-19-8-4-2-6-17(19)18-7-3-5-9-20(18)21/h2-10,12-13,21-22H,11,14H2,1H3,(H,31,32)/t22-/m0/s1. The minimum atomic E-state index is -4.61. The lowest BCUT2D eigenvalue weighted by molar-refractivity contribution is -0.142. The molecule has 34 heavy (non-hydrogen) atoms. The van der Waals surface area contributed by atoms with E-state index in [1.165, 1.54) is 7.05 Å². The topological polar surface area (TPSA) is 79.7 Å². The largest absolute Gasteiger partial charge is 0.480 e. The number of carboxylic acids is 1. The van der Waals surface area contributed by atoms with Crippen molar-refractivity contribution < 1.29 is 32.6 Å². The van der Waals surface area contributed by atoms with Gasteiger partial charge >= 0.3 is 18.2 Å². The number of aliphatic carboxylic acids is 1. The molecule has 1 amide bonds. The summed E-state index contributed by atoms with van der Waals surface area (Å²) in [4.78, 5) is 29.0. The van der Waals surface area contributed by atoms with Crippen molar-refractivity contribution in [3.05, 3.63) is 89.2 Å². The number of carboxylic acid groups (broad SMARTS) is 1. The number of likely N-dealkylation sites (N-methyl/N-ethyl adjacent to an activating group) is 1. The van der Waals surface area contributed by atoms with Crippen molar-refractivity contribution in [2.75, 3.05) is 13.7 Å². The van der Waals surface area contributed by atoms with Gasteiger partial charge in [0.25, 0.3) is 0 Å². The van der Waals surface area contributed by atoms with Crippen LogP contribution >= 0.6 is 0 Å². The first-order valence-corrected chi connectivity index (χ1v) is 10.5. The van der Waals surface area contributed by atoms with Crippen molar-refractivity contribution in [2.24, 2.45) is 0 Å². The Hall–Kier alpha value is -3.88. The van der Waals surface area contributed by atoms with Crippen LogP contribution in [0.1, 0.15) is 28.2 Å². The van der Waals surface area contributed by atoms with Gasteiger partial charge in [-0.3, -0.25) is 9.88 Å². The average Bonchev–Trinajstić information content (AvgIpc) is 3.14. The van der Waals surface area contributed by atoms with Crippen LogP contribution in [-0.2, 0) is 22.1 Å². The molecule has 1 N–H and O–H groups in total. The minimum absolute atomic E-state index is 0.00530. The van der Waals surface area contributed by atoms with E-state index in [1.54, 1.807) is 0 Å². The molecular weight excluding hydrogens is 449 g/mol. The molecule has 4 rings (SSSR count). The fourth-order valence-corrected chi connectivity index (χ4v) is 4.19. The quantitative estimate of drug-likeness (QED) is 0.550. The second-order valence-electron chi connectivity index (χ2n) is 8.05. The number of pyridine rings is 1. The van der Waals surface area contributed by atoms with Crippen molar-refractivity contribution in [2.45, 2.75) is 24.6 Å². The zero-order valence-corrected chi connectivity index (χ0v) is 18.1. The summed E-state index contributed by atoms with van der Waals surface area (Å²) < 4.78 is 44.4. The Morgan fingerprint density at radius 3 is 2.21 bits per heavy atom. The lowest BCUT2D eigenvalue weighted by Gasteiger charge is -2.25. The number of benzene rings is 2. The lowest BCUT2D eigenvalue weighted by Crippen LogP contribution is -2.44. The number of alkyl halides is 3. The van der Waals surface area contributed by atoms with Gasteiger partial charge in [0.1, 0.15) is 12.6 Å². The summed E-state index contributed by atoms with van der Waals surface area (Å²) in [6.07, 6.45) is -4.03.